The predicted molar refractivity (Wildman–Crippen MR) is 122 cm³/mol. The molecular formula is C23H34FN7O. The SMILES string of the molecule is CCc1ccc(F)c(Nc2n[nH]c3c2CN(C(=O)N2CC(C)(C)N(C)C[C@@H]2C)C3(C)C)n1. The minimum atomic E-state index is -0.566. The van der Waals surface area contributed by atoms with Gasteiger partial charge in [0, 0.05) is 35.9 Å². The van der Waals surface area contributed by atoms with E-state index in [-0.39, 0.29) is 23.4 Å². The van der Waals surface area contributed by atoms with Crippen molar-refractivity contribution in [2.45, 2.75) is 71.6 Å². The molecule has 2 aliphatic heterocycles. The van der Waals surface area contributed by atoms with E-state index in [9.17, 15) is 9.18 Å². The Bertz CT molecular complexity index is 1030. The first-order valence-electron chi connectivity index (χ1n) is 11.3. The average molecular weight is 444 g/mol. The Kier molecular flexibility index (Phi) is 5.43. The fraction of sp³-hybridized carbons (Fsp3) is 0.609. The second kappa shape index (κ2) is 7.72. The monoisotopic (exact) mass is 443 g/mol. The summed E-state index contributed by atoms with van der Waals surface area (Å²) in [5, 5.41) is 10.5. The van der Waals surface area contributed by atoms with Crippen molar-refractivity contribution in [3.05, 3.63) is 34.9 Å². The molecule has 174 valence electrons. The molecule has 0 radical (unpaired) electrons. The molecule has 2 aromatic rings. The summed E-state index contributed by atoms with van der Waals surface area (Å²) in [4.78, 5) is 24.2. The molecule has 2 aromatic heterocycles. The molecule has 9 heteroatoms. The van der Waals surface area contributed by atoms with Gasteiger partial charge in [-0.15, -0.1) is 0 Å². The van der Waals surface area contributed by atoms with Gasteiger partial charge in [-0.05, 0) is 60.2 Å². The highest BCUT2D eigenvalue weighted by molar-refractivity contribution is 5.78. The molecule has 8 nitrogen and oxygen atoms in total. The van der Waals surface area contributed by atoms with Gasteiger partial charge in [0.05, 0.1) is 17.8 Å². The van der Waals surface area contributed by atoms with Crippen molar-refractivity contribution >= 4 is 17.7 Å². The van der Waals surface area contributed by atoms with Crippen LogP contribution in [-0.2, 0) is 18.5 Å². The smallest absolute Gasteiger partial charge is 0.321 e. The maximum atomic E-state index is 14.4. The summed E-state index contributed by atoms with van der Waals surface area (Å²) >= 11 is 0. The van der Waals surface area contributed by atoms with Gasteiger partial charge in [-0.3, -0.25) is 10.00 Å². The van der Waals surface area contributed by atoms with E-state index >= 15 is 0 Å². The lowest BCUT2D eigenvalue weighted by Gasteiger charge is -2.50. The van der Waals surface area contributed by atoms with Crippen LogP contribution in [0.4, 0.5) is 20.8 Å². The number of halogens is 1. The highest BCUT2D eigenvalue weighted by Crippen LogP contribution is 2.42. The number of nitrogens with zero attached hydrogens (tertiary/aromatic N) is 5. The minimum absolute atomic E-state index is 0.0107. The van der Waals surface area contributed by atoms with Crippen molar-refractivity contribution in [3.8, 4) is 0 Å². The second-order valence-corrected chi connectivity index (χ2v) is 10.1. The zero-order chi connectivity index (χ0) is 23.4. The second-order valence-electron chi connectivity index (χ2n) is 10.1. The Labute approximate surface area is 189 Å². The molecule has 0 saturated carbocycles. The van der Waals surface area contributed by atoms with Crippen molar-refractivity contribution in [1.82, 2.24) is 29.9 Å². The molecule has 0 aliphatic carbocycles. The summed E-state index contributed by atoms with van der Waals surface area (Å²) in [6.45, 7) is 14.3. The van der Waals surface area contributed by atoms with Crippen LogP contribution < -0.4 is 5.32 Å². The maximum absolute atomic E-state index is 14.4. The molecule has 1 fully saturated rings. The number of likely N-dealkylation sites (N-methyl/N-ethyl adjacent to an activating group) is 1. The molecule has 0 unspecified atom stereocenters. The van der Waals surface area contributed by atoms with Crippen LogP contribution in [0.2, 0.25) is 0 Å². The molecule has 4 rings (SSSR count). The Balaban J connectivity index is 1.60. The number of pyridine rings is 1. The lowest BCUT2D eigenvalue weighted by Crippen LogP contribution is -2.65. The number of carbonyl (C=O) groups excluding carboxylic acids is 1. The number of anilines is 2. The summed E-state index contributed by atoms with van der Waals surface area (Å²) < 4.78 is 14.4. The number of aromatic nitrogens is 3. The van der Waals surface area contributed by atoms with Crippen molar-refractivity contribution in [2.24, 2.45) is 0 Å². The largest absolute Gasteiger partial charge is 0.321 e. The number of urea groups is 1. The maximum Gasteiger partial charge on any atom is 0.321 e. The van der Waals surface area contributed by atoms with Gasteiger partial charge in [-0.25, -0.2) is 14.2 Å². The van der Waals surface area contributed by atoms with Gasteiger partial charge in [-0.1, -0.05) is 6.92 Å². The van der Waals surface area contributed by atoms with Gasteiger partial charge in [-0.2, -0.15) is 5.10 Å². The van der Waals surface area contributed by atoms with Crippen molar-refractivity contribution in [2.75, 3.05) is 25.5 Å². The Hall–Kier alpha value is -2.68. The molecule has 1 atom stereocenters. The highest BCUT2D eigenvalue weighted by atomic mass is 19.1. The van der Waals surface area contributed by atoms with Crippen LogP contribution in [-0.4, -0.2) is 67.6 Å². The zero-order valence-electron chi connectivity index (χ0n) is 20.1. The third-order valence-corrected chi connectivity index (χ3v) is 7.11. The topological polar surface area (TPSA) is 80.4 Å². The van der Waals surface area contributed by atoms with E-state index in [1.165, 1.54) is 6.07 Å². The third kappa shape index (κ3) is 3.62. The molecule has 2 amide bonds. The minimum Gasteiger partial charge on any atom is -0.321 e. The number of fused-ring (bicyclic) bond motifs is 1. The summed E-state index contributed by atoms with van der Waals surface area (Å²) in [6.07, 6.45) is 0.711. The lowest BCUT2D eigenvalue weighted by molar-refractivity contribution is 0.00695. The number of piperazine rings is 1. The van der Waals surface area contributed by atoms with E-state index in [0.717, 1.165) is 23.5 Å². The standard InChI is InChI=1S/C23H34FN7O/c1-8-15-9-10-17(24)20(25-15)26-19-16-12-31(23(5,6)18(16)27-28-19)21(32)30-13-22(3,4)29(7)11-14(30)2/h9-10,14H,8,11-13H2,1-7H3,(H2,25,26,27,28)/t14-/m0/s1. The molecule has 2 N–H and O–H groups in total. The third-order valence-electron chi connectivity index (χ3n) is 7.11. The van der Waals surface area contributed by atoms with Gasteiger partial charge < -0.3 is 15.1 Å². The number of carbonyl (C=O) groups is 1. The van der Waals surface area contributed by atoms with Crippen LogP contribution >= 0.6 is 0 Å². The first-order chi connectivity index (χ1) is 15.0. The Morgan fingerprint density at radius 3 is 2.69 bits per heavy atom. The Morgan fingerprint density at radius 1 is 1.28 bits per heavy atom. The van der Waals surface area contributed by atoms with Crippen LogP contribution in [0.1, 0.15) is 58.5 Å². The number of hydrogen-bond acceptors (Lipinski definition) is 5. The van der Waals surface area contributed by atoms with E-state index < -0.39 is 11.4 Å². The molecule has 1 saturated heterocycles. The lowest BCUT2D eigenvalue weighted by atomic mass is 9.96. The molecule has 4 heterocycles. The average Bonchev–Trinajstić information content (AvgIpc) is 3.24. The van der Waals surface area contributed by atoms with Gasteiger partial charge in [0.2, 0.25) is 0 Å². The summed E-state index contributed by atoms with van der Waals surface area (Å²) in [5.41, 5.74) is 1.87. The molecule has 0 aromatic carbocycles. The molecule has 0 spiro atoms. The number of hydrogen-bond donors (Lipinski definition) is 2. The van der Waals surface area contributed by atoms with E-state index in [2.05, 4.69) is 53.2 Å². The molecule has 0 bridgehead atoms. The normalized spacial score (nSPS) is 22.2. The van der Waals surface area contributed by atoms with E-state index in [4.69, 9.17) is 0 Å². The quantitative estimate of drug-likeness (QED) is 0.754. The Morgan fingerprint density at radius 2 is 2.00 bits per heavy atom. The van der Waals surface area contributed by atoms with Crippen molar-refractivity contribution in [1.29, 1.82) is 0 Å². The number of H-pyrrole nitrogens is 1. The molecular weight excluding hydrogens is 409 g/mol. The fourth-order valence-corrected chi connectivity index (χ4v) is 4.65. The molecule has 32 heavy (non-hydrogen) atoms. The predicted octanol–water partition coefficient (Wildman–Crippen LogP) is 3.84. The molecule has 2 aliphatic rings. The number of rotatable bonds is 3. The van der Waals surface area contributed by atoms with Crippen LogP contribution in [0.15, 0.2) is 12.1 Å². The fourth-order valence-electron chi connectivity index (χ4n) is 4.65. The number of aryl methyl sites for hydroxylation is 1. The van der Waals surface area contributed by atoms with Crippen LogP contribution in [0.25, 0.3) is 0 Å². The first-order valence-corrected chi connectivity index (χ1v) is 11.3. The van der Waals surface area contributed by atoms with Crippen molar-refractivity contribution < 1.29 is 9.18 Å². The van der Waals surface area contributed by atoms with Crippen LogP contribution in [0.3, 0.4) is 0 Å². The van der Waals surface area contributed by atoms with Crippen LogP contribution in [0, 0.1) is 5.82 Å². The summed E-state index contributed by atoms with van der Waals surface area (Å²) in [7, 11) is 2.10. The summed E-state index contributed by atoms with van der Waals surface area (Å²) in [6, 6.07) is 3.22. The van der Waals surface area contributed by atoms with Crippen molar-refractivity contribution in [3.63, 3.8) is 0 Å². The highest BCUT2D eigenvalue weighted by Gasteiger charge is 2.47. The van der Waals surface area contributed by atoms with Gasteiger partial charge in [0.1, 0.15) is 0 Å². The van der Waals surface area contributed by atoms with Gasteiger partial charge >= 0.3 is 6.03 Å². The van der Waals surface area contributed by atoms with Gasteiger partial charge in [0.25, 0.3) is 0 Å². The van der Waals surface area contributed by atoms with Crippen LogP contribution in [0.5, 0.6) is 0 Å². The van der Waals surface area contributed by atoms with E-state index in [1.54, 1.807) is 6.07 Å². The number of aromatic amines is 1. The number of amides is 2. The van der Waals surface area contributed by atoms with E-state index in [0.29, 0.717) is 25.3 Å². The van der Waals surface area contributed by atoms with Gasteiger partial charge in [0.15, 0.2) is 17.5 Å². The summed E-state index contributed by atoms with van der Waals surface area (Å²) in [5.74, 6) is 0.225. The van der Waals surface area contributed by atoms with E-state index in [1.807, 2.05) is 30.6 Å². The first kappa shape index (κ1) is 22.5. The number of nitrogens with one attached hydrogen (secondary N) is 2. The zero-order valence-corrected chi connectivity index (χ0v) is 20.1.